The van der Waals surface area contributed by atoms with Crippen molar-refractivity contribution in [2.24, 2.45) is 17.8 Å². The summed E-state index contributed by atoms with van der Waals surface area (Å²) in [7, 11) is 0. The van der Waals surface area contributed by atoms with Gasteiger partial charge in [0.1, 0.15) is 12.6 Å². The van der Waals surface area contributed by atoms with E-state index in [2.05, 4.69) is 34.9 Å². The smallest absolute Gasteiger partial charge is 0.407 e. The van der Waals surface area contributed by atoms with Gasteiger partial charge in [-0.2, -0.15) is 0 Å². The Labute approximate surface area is 192 Å². The van der Waals surface area contributed by atoms with Crippen molar-refractivity contribution >= 4 is 18.0 Å². The van der Waals surface area contributed by atoms with E-state index in [0.29, 0.717) is 25.3 Å². The Morgan fingerprint density at radius 3 is 2.24 bits per heavy atom. The van der Waals surface area contributed by atoms with Gasteiger partial charge >= 0.3 is 12.1 Å². The number of rotatable bonds is 9. The van der Waals surface area contributed by atoms with Gasteiger partial charge in [-0.05, 0) is 46.9 Å². The Hall–Kier alpha value is -3.35. The Morgan fingerprint density at radius 1 is 1.00 bits per heavy atom. The molecule has 0 spiro atoms. The summed E-state index contributed by atoms with van der Waals surface area (Å²) in [4.78, 5) is 36.1. The first-order valence-electron chi connectivity index (χ1n) is 11.6. The maximum Gasteiger partial charge on any atom is 0.407 e. The van der Waals surface area contributed by atoms with Crippen LogP contribution in [0.15, 0.2) is 48.5 Å². The third-order valence-electron chi connectivity index (χ3n) is 6.99. The van der Waals surface area contributed by atoms with Crippen molar-refractivity contribution in [3.05, 3.63) is 59.7 Å². The zero-order valence-corrected chi connectivity index (χ0v) is 18.3. The van der Waals surface area contributed by atoms with Crippen LogP contribution in [0.2, 0.25) is 0 Å². The lowest BCUT2D eigenvalue weighted by atomic mass is 9.98. The number of hydrogen-bond acceptors (Lipinski definition) is 4. The van der Waals surface area contributed by atoms with E-state index in [-0.39, 0.29) is 30.3 Å². The third kappa shape index (κ3) is 4.72. The lowest BCUT2D eigenvalue weighted by molar-refractivity contribution is -0.142. The predicted molar refractivity (Wildman–Crippen MR) is 122 cm³/mol. The minimum atomic E-state index is -0.982. The van der Waals surface area contributed by atoms with Gasteiger partial charge in [0.15, 0.2) is 0 Å². The van der Waals surface area contributed by atoms with E-state index in [0.717, 1.165) is 24.0 Å². The van der Waals surface area contributed by atoms with Gasteiger partial charge in [0.25, 0.3) is 0 Å². The SMILES string of the molecule is O=C(NCC1CC1C(=O)NC(CC1CC1)C(=O)O)OCC1c2ccccc2-c2ccccc21. The summed E-state index contributed by atoms with van der Waals surface area (Å²) in [5, 5.41) is 14.8. The van der Waals surface area contributed by atoms with E-state index in [9.17, 15) is 19.5 Å². The number of fused-ring (bicyclic) bond motifs is 3. The second kappa shape index (κ2) is 8.89. The average molecular weight is 449 g/mol. The molecule has 2 amide bonds. The molecular weight excluding hydrogens is 420 g/mol. The highest BCUT2D eigenvalue weighted by Crippen LogP contribution is 2.44. The van der Waals surface area contributed by atoms with Gasteiger partial charge in [0.2, 0.25) is 5.91 Å². The number of nitrogens with one attached hydrogen (secondary N) is 2. The lowest BCUT2D eigenvalue weighted by Crippen LogP contribution is -2.42. The number of aliphatic carboxylic acids is 1. The molecule has 0 heterocycles. The van der Waals surface area contributed by atoms with Crippen molar-refractivity contribution in [1.29, 1.82) is 0 Å². The topological polar surface area (TPSA) is 105 Å². The first-order chi connectivity index (χ1) is 16.0. The van der Waals surface area contributed by atoms with E-state index < -0.39 is 18.1 Å². The molecule has 2 aromatic carbocycles. The Kier molecular flexibility index (Phi) is 5.79. The fourth-order valence-corrected chi connectivity index (χ4v) is 4.85. The standard InChI is InChI=1S/C26H28N2O5/c29-24(28-23(25(30)31)11-15-9-10-15)21-12-16(21)13-27-26(32)33-14-22-19-7-3-1-5-17(19)18-6-2-4-8-20(18)22/h1-8,15-16,21-23H,9-14H2,(H,27,32)(H,28,29)(H,30,31). The number of ether oxygens (including phenoxy) is 1. The van der Waals surface area contributed by atoms with Crippen LogP contribution in [-0.4, -0.2) is 42.3 Å². The van der Waals surface area contributed by atoms with Crippen molar-refractivity contribution in [1.82, 2.24) is 10.6 Å². The highest BCUT2D eigenvalue weighted by Gasteiger charge is 2.44. The lowest BCUT2D eigenvalue weighted by Gasteiger charge is -2.15. The molecule has 3 aliphatic rings. The van der Waals surface area contributed by atoms with Crippen LogP contribution in [0, 0.1) is 17.8 Å². The summed E-state index contributed by atoms with van der Waals surface area (Å²) in [6.45, 7) is 0.588. The molecule has 2 fully saturated rings. The zero-order valence-electron chi connectivity index (χ0n) is 18.3. The zero-order chi connectivity index (χ0) is 22.9. The first-order valence-corrected chi connectivity index (χ1v) is 11.6. The molecule has 0 saturated heterocycles. The number of carboxylic acid groups (broad SMARTS) is 1. The molecular formula is C26H28N2O5. The molecule has 33 heavy (non-hydrogen) atoms. The molecule has 5 rings (SSSR count). The normalized spacial score (nSPS) is 21.5. The quantitative estimate of drug-likeness (QED) is 0.544. The van der Waals surface area contributed by atoms with Gasteiger partial charge < -0.3 is 20.5 Å². The molecule has 3 atom stereocenters. The largest absolute Gasteiger partial charge is 0.480 e. The average Bonchev–Trinajstić information content (AvgIpc) is 3.74. The summed E-state index contributed by atoms with van der Waals surface area (Å²) in [6.07, 6.45) is 2.72. The summed E-state index contributed by atoms with van der Waals surface area (Å²) in [5.74, 6) is -1.04. The molecule has 3 N–H and O–H groups in total. The number of hydrogen-bond donors (Lipinski definition) is 3. The van der Waals surface area contributed by atoms with Crippen LogP contribution in [0.1, 0.15) is 42.7 Å². The summed E-state index contributed by atoms with van der Waals surface area (Å²) < 4.78 is 5.53. The monoisotopic (exact) mass is 448 g/mol. The first kappa shape index (κ1) is 21.5. The van der Waals surface area contributed by atoms with Crippen molar-refractivity contribution < 1.29 is 24.2 Å². The van der Waals surface area contributed by atoms with Gasteiger partial charge in [-0.15, -0.1) is 0 Å². The Balaban J connectivity index is 1.09. The summed E-state index contributed by atoms with van der Waals surface area (Å²) in [6, 6.07) is 15.5. The van der Waals surface area contributed by atoms with E-state index in [4.69, 9.17) is 4.74 Å². The molecule has 7 heteroatoms. The molecule has 7 nitrogen and oxygen atoms in total. The van der Waals surface area contributed by atoms with Crippen molar-refractivity contribution in [2.75, 3.05) is 13.2 Å². The van der Waals surface area contributed by atoms with Gasteiger partial charge in [0, 0.05) is 18.4 Å². The molecule has 172 valence electrons. The second-order valence-corrected chi connectivity index (χ2v) is 9.39. The highest BCUT2D eigenvalue weighted by molar-refractivity contribution is 5.87. The van der Waals surface area contributed by atoms with Crippen molar-refractivity contribution in [2.45, 2.75) is 37.6 Å². The van der Waals surface area contributed by atoms with Crippen molar-refractivity contribution in [3.63, 3.8) is 0 Å². The molecule has 0 aromatic heterocycles. The van der Waals surface area contributed by atoms with E-state index in [1.54, 1.807) is 0 Å². The Bertz CT molecular complexity index is 1030. The maximum atomic E-state index is 12.4. The number of carboxylic acids is 1. The van der Waals surface area contributed by atoms with Gasteiger partial charge in [-0.3, -0.25) is 4.79 Å². The second-order valence-electron chi connectivity index (χ2n) is 9.39. The number of benzene rings is 2. The molecule has 0 aliphatic heterocycles. The van der Waals surface area contributed by atoms with E-state index >= 15 is 0 Å². The van der Waals surface area contributed by atoms with E-state index in [1.165, 1.54) is 11.1 Å². The molecule has 0 radical (unpaired) electrons. The fraction of sp³-hybridized carbons (Fsp3) is 0.423. The van der Waals surface area contributed by atoms with E-state index in [1.807, 2.05) is 24.3 Å². The minimum absolute atomic E-state index is 0.00187. The van der Waals surface area contributed by atoms with Crippen LogP contribution in [0.3, 0.4) is 0 Å². The van der Waals surface area contributed by atoms with Gasteiger partial charge in [0.05, 0.1) is 0 Å². The fourth-order valence-electron chi connectivity index (χ4n) is 4.85. The van der Waals surface area contributed by atoms with Crippen LogP contribution in [0.4, 0.5) is 4.79 Å². The summed E-state index contributed by atoms with van der Waals surface area (Å²) in [5.41, 5.74) is 4.67. The van der Waals surface area contributed by atoms with Gasteiger partial charge in [-0.25, -0.2) is 9.59 Å². The molecule has 2 saturated carbocycles. The van der Waals surface area contributed by atoms with Crippen LogP contribution in [0.5, 0.6) is 0 Å². The third-order valence-corrected chi connectivity index (χ3v) is 6.99. The van der Waals surface area contributed by atoms with Crippen LogP contribution < -0.4 is 10.6 Å². The number of alkyl carbamates (subject to hydrolysis) is 1. The molecule has 0 bridgehead atoms. The summed E-state index contributed by atoms with van der Waals surface area (Å²) >= 11 is 0. The minimum Gasteiger partial charge on any atom is -0.480 e. The molecule has 3 aliphatic carbocycles. The van der Waals surface area contributed by atoms with Crippen LogP contribution >= 0.6 is 0 Å². The number of amides is 2. The van der Waals surface area contributed by atoms with Crippen molar-refractivity contribution in [3.8, 4) is 11.1 Å². The molecule has 2 aromatic rings. The van der Waals surface area contributed by atoms with Gasteiger partial charge in [-0.1, -0.05) is 61.4 Å². The number of carbonyl (C=O) groups excluding carboxylic acids is 2. The highest BCUT2D eigenvalue weighted by atomic mass is 16.5. The maximum absolute atomic E-state index is 12.4. The molecule has 3 unspecified atom stereocenters. The van der Waals surface area contributed by atoms with Crippen LogP contribution in [0.25, 0.3) is 11.1 Å². The number of carbonyl (C=O) groups is 3. The van der Waals surface area contributed by atoms with Crippen LogP contribution in [-0.2, 0) is 14.3 Å². The Morgan fingerprint density at radius 2 is 1.64 bits per heavy atom. The predicted octanol–water partition coefficient (Wildman–Crippen LogP) is 3.53.